The highest BCUT2D eigenvalue weighted by Gasteiger charge is 2.14. The number of halogens is 1. The minimum atomic E-state index is 0.292. The van der Waals surface area contributed by atoms with Crippen LogP contribution in [0.3, 0.4) is 0 Å². The van der Waals surface area contributed by atoms with Crippen LogP contribution in [-0.4, -0.2) is 15.8 Å². The fourth-order valence-corrected chi connectivity index (χ4v) is 2.53. The lowest BCUT2D eigenvalue weighted by Gasteiger charge is -2.06. The number of para-hydroxylation sites is 1. The second-order valence-corrected chi connectivity index (χ2v) is 5.69. The smallest absolute Gasteiger partial charge is 0.156 e. The molecular weight excluding hydrogens is 284 g/mol. The van der Waals surface area contributed by atoms with E-state index in [9.17, 15) is 0 Å². The second kappa shape index (κ2) is 5.30. The number of aromatic nitrogens is 2. The third-order valence-electron chi connectivity index (χ3n) is 3.21. The van der Waals surface area contributed by atoms with Crippen molar-refractivity contribution in [2.75, 3.05) is 11.1 Å². The highest BCUT2D eigenvalue weighted by Crippen LogP contribution is 2.30. The zero-order valence-electron chi connectivity index (χ0n) is 12.0. The lowest BCUT2D eigenvalue weighted by Crippen LogP contribution is -2.10. The Morgan fingerprint density at radius 2 is 1.95 bits per heavy atom. The molecular formula is C16H17ClN4. The van der Waals surface area contributed by atoms with Gasteiger partial charge in [-0.25, -0.2) is 4.68 Å². The Morgan fingerprint density at radius 3 is 2.67 bits per heavy atom. The number of nitrogens with one attached hydrogen (secondary N) is 1. The maximum atomic E-state index is 6.30. The van der Waals surface area contributed by atoms with E-state index in [1.807, 2.05) is 47.1 Å². The van der Waals surface area contributed by atoms with Crippen LogP contribution in [0.4, 0.5) is 11.5 Å². The van der Waals surface area contributed by atoms with Gasteiger partial charge in [0.2, 0.25) is 0 Å². The monoisotopic (exact) mass is 300 g/mol. The minimum Gasteiger partial charge on any atom is -0.399 e. The summed E-state index contributed by atoms with van der Waals surface area (Å²) in [5.41, 5.74) is 8.40. The maximum Gasteiger partial charge on any atom is 0.156 e. The number of hydrogen-bond acceptors (Lipinski definition) is 3. The van der Waals surface area contributed by atoms with Gasteiger partial charge in [-0.05, 0) is 44.2 Å². The summed E-state index contributed by atoms with van der Waals surface area (Å²) >= 11 is 6.30. The van der Waals surface area contributed by atoms with Gasteiger partial charge >= 0.3 is 0 Å². The van der Waals surface area contributed by atoms with E-state index in [2.05, 4.69) is 24.3 Å². The summed E-state index contributed by atoms with van der Waals surface area (Å²) in [6.45, 7) is 4.16. The molecule has 0 spiro atoms. The van der Waals surface area contributed by atoms with Crippen molar-refractivity contribution in [3.05, 3.63) is 47.5 Å². The van der Waals surface area contributed by atoms with Gasteiger partial charge in [0.05, 0.1) is 16.2 Å². The van der Waals surface area contributed by atoms with E-state index in [4.69, 9.17) is 17.3 Å². The van der Waals surface area contributed by atoms with Gasteiger partial charge in [0.15, 0.2) is 5.82 Å². The van der Waals surface area contributed by atoms with Gasteiger partial charge in [0.1, 0.15) is 0 Å². The number of benzene rings is 2. The van der Waals surface area contributed by atoms with Crippen LogP contribution < -0.4 is 11.1 Å². The van der Waals surface area contributed by atoms with Crippen molar-refractivity contribution in [2.45, 2.75) is 19.9 Å². The summed E-state index contributed by atoms with van der Waals surface area (Å²) in [6, 6.07) is 13.7. The third-order valence-corrected chi connectivity index (χ3v) is 3.53. The first-order chi connectivity index (χ1) is 10.1. The summed E-state index contributed by atoms with van der Waals surface area (Å²) in [7, 11) is 0. The lowest BCUT2D eigenvalue weighted by atomic mass is 10.2. The third kappa shape index (κ3) is 2.54. The first-order valence-corrected chi connectivity index (χ1v) is 7.24. The Labute approximate surface area is 128 Å². The number of anilines is 2. The number of hydrogen-bond donors (Lipinski definition) is 2. The topological polar surface area (TPSA) is 55.9 Å². The van der Waals surface area contributed by atoms with Crippen LogP contribution in [-0.2, 0) is 0 Å². The summed E-state index contributed by atoms with van der Waals surface area (Å²) in [4.78, 5) is 0. The van der Waals surface area contributed by atoms with Crippen LogP contribution in [0.2, 0.25) is 5.02 Å². The van der Waals surface area contributed by atoms with E-state index >= 15 is 0 Å². The van der Waals surface area contributed by atoms with Crippen molar-refractivity contribution in [2.24, 2.45) is 0 Å². The molecule has 3 rings (SSSR count). The van der Waals surface area contributed by atoms with Crippen molar-refractivity contribution in [1.82, 2.24) is 9.78 Å². The summed E-state index contributed by atoms with van der Waals surface area (Å²) < 4.78 is 1.83. The van der Waals surface area contributed by atoms with E-state index in [1.54, 1.807) is 0 Å². The van der Waals surface area contributed by atoms with Crippen LogP contribution in [0.15, 0.2) is 42.5 Å². The average Bonchev–Trinajstić information content (AvgIpc) is 2.76. The fourth-order valence-electron chi connectivity index (χ4n) is 2.32. The van der Waals surface area contributed by atoms with Gasteiger partial charge in [-0.15, -0.1) is 5.10 Å². The van der Waals surface area contributed by atoms with E-state index in [0.717, 1.165) is 22.4 Å². The highest BCUT2D eigenvalue weighted by molar-refractivity contribution is 6.32. The average molecular weight is 301 g/mol. The van der Waals surface area contributed by atoms with Crippen molar-refractivity contribution in [3.63, 3.8) is 0 Å². The Bertz CT molecular complexity index is 792. The number of fused-ring (bicyclic) bond motifs is 1. The molecule has 108 valence electrons. The molecule has 0 aliphatic carbocycles. The molecule has 2 aromatic carbocycles. The van der Waals surface area contributed by atoms with Gasteiger partial charge in [-0.1, -0.05) is 23.7 Å². The van der Waals surface area contributed by atoms with Crippen molar-refractivity contribution in [3.8, 4) is 5.69 Å². The molecule has 1 aromatic heterocycles. The zero-order chi connectivity index (χ0) is 15.0. The Hall–Kier alpha value is -2.20. The van der Waals surface area contributed by atoms with Crippen molar-refractivity contribution < 1.29 is 0 Å². The molecule has 0 amide bonds. The number of nitrogen functional groups attached to an aromatic ring is 1. The van der Waals surface area contributed by atoms with Crippen molar-refractivity contribution in [1.29, 1.82) is 0 Å². The molecule has 21 heavy (non-hydrogen) atoms. The maximum absolute atomic E-state index is 6.30. The number of nitrogens with two attached hydrogens (primary N) is 1. The molecule has 4 nitrogen and oxygen atoms in total. The normalized spacial score (nSPS) is 11.2. The first kappa shape index (κ1) is 13.8. The Morgan fingerprint density at radius 1 is 1.19 bits per heavy atom. The fraction of sp³-hybridized carbons (Fsp3) is 0.188. The van der Waals surface area contributed by atoms with E-state index < -0.39 is 0 Å². The van der Waals surface area contributed by atoms with Crippen LogP contribution in [0.1, 0.15) is 13.8 Å². The summed E-state index contributed by atoms with van der Waals surface area (Å²) in [6.07, 6.45) is 0. The Balaban J connectivity index is 2.27. The van der Waals surface area contributed by atoms with E-state index in [1.165, 1.54) is 0 Å². The molecule has 0 bridgehead atoms. The predicted molar refractivity (Wildman–Crippen MR) is 89.3 cm³/mol. The molecule has 0 radical (unpaired) electrons. The molecule has 0 saturated carbocycles. The molecule has 0 atom stereocenters. The second-order valence-electron chi connectivity index (χ2n) is 5.29. The van der Waals surface area contributed by atoms with Gasteiger partial charge in [-0.2, -0.15) is 0 Å². The van der Waals surface area contributed by atoms with Gasteiger partial charge in [0.25, 0.3) is 0 Å². The molecule has 0 fully saturated rings. The molecule has 3 N–H and O–H groups in total. The zero-order valence-corrected chi connectivity index (χ0v) is 12.7. The molecule has 1 heterocycles. The number of nitrogens with zero attached hydrogens (tertiary/aromatic N) is 2. The summed E-state index contributed by atoms with van der Waals surface area (Å²) in [5.74, 6) is 0.833. The molecule has 0 aliphatic heterocycles. The van der Waals surface area contributed by atoms with Crippen LogP contribution in [0.5, 0.6) is 0 Å². The van der Waals surface area contributed by atoms with E-state index in [0.29, 0.717) is 16.8 Å². The molecule has 0 unspecified atom stereocenters. The largest absolute Gasteiger partial charge is 0.399 e. The summed E-state index contributed by atoms with van der Waals surface area (Å²) in [5, 5.41) is 9.71. The predicted octanol–water partition coefficient (Wildman–Crippen LogP) is 4.08. The number of rotatable bonds is 3. The van der Waals surface area contributed by atoms with Crippen molar-refractivity contribution >= 4 is 34.0 Å². The molecule has 3 aromatic rings. The molecule has 5 heteroatoms. The quantitative estimate of drug-likeness (QED) is 0.717. The van der Waals surface area contributed by atoms with Gasteiger partial charge in [-0.3, -0.25) is 0 Å². The minimum absolute atomic E-state index is 0.292. The molecule has 0 saturated heterocycles. The Kier molecular flexibility index (Phi) is 3.47. The van der Waals surface area contributed by atoms with Crippen LogP contribution in [0, 0.1) is 0 Å². The lowest BCUT2D eigenvalue weighted by molar-refractivity contribution is 0.858. The highest BCUT2D eigenvalue weighted by atomic mass is 35.5. The standard InChI is InChI=1S/C16H17ClN4/c1-10(2)19-16-12-8-7-11(18)9-15(12)21(20-16)14-6-4-3-5-13(14)17/h3-10H,18H2,1-2H3,(H,19,20). The molecule has 0 aliphatic rings. The van der Waals surface area contributed by atoms with Gasteiger partial charge in [0, 0.05) is 17.1 Å². The van der Waals surface area contributed by atoms with Crippen LogP contribution in [0.25, 0.3) is 16.6 Å². The van der Waals surface area contributed by atoms with Crippen LogP contribution >= 0.6 is 11.6 Å². The van der Waals surface area contributed by atoms with E-state index in [-0.39, 0.29) is 0 Å². The van der Waals surface area contributed by atoms with Gasteiger partial charge < -0.3 is 11.1 Å². The first-order valence-electron chi connectivity index (χ1n) is 6.86. The SMILES string of the molecule is CC(C)Nc1nn(-c2ccccc2Cl)c2cc(N)ccc12.